The largest absolute Gasteiger partial charge is 0.493 e. The Bertz CT molecular complexity index is 1700. The van der Waals surface area contributed by atoms with Gasteiger partial charge in [0.05, 0.1) is 12.0 Å². The topological polar surface area (TPSA) is 79.4 Å². The zero-order valence-electron chi connectivity index (χ0n) is 23.8. The second-order valence-corrected chi connectivity index (χ2v) is 11.3. The third kappa shape index (κ3) is 6.36. The third-order valence-electron chi connectivity index (χ3n) is 7.61. The third-order valence-corrected chi connectivity index (χ3v) is 8.52. The minimum Gasteiger partial charge on any atom is -0.493 e. The number of fused-ring (bicyclic) bond motifs is 1. The number of rotatable bonds is 8. The number of nitrogens with zero attached hydrogens (tertiary/aromatic N) is 3. The van der Waals surface area contributed by atoms with E-state index in [-0.39, 0.29) is 17.4 Å². The molecular formula is C34H31N3O5S. The van der Waals surface area contributed by atoms with Gasteiger partial charge in [-0.15, -0.1) is 0 Å². The van der Waals surface area contributed by atoms with E-state index in [1.54, 1.807) is 30.2 Å². The molecule has 0 saturated carbocycles. The molecule has 4 aromatic carbocycles. The average Bonchev–Trinajstić information content (AvgIpc) is 3.31. The lowest BCUT2D eigenvalue weighted by atomic mass is 10.1. The van der Waals surface area contributed by atoms with Crippen LogP contribution < -0.4 is 14.4 Å². The molecule has 2 aliphatic rings. The Kier molecular flexibility index (Phi) is 8.33. The Morgan fingerprint density at radius 1 is 0.837 bits per heavy atom. The van der Waals surface area contributed by atoms with Gasteiger partial charge in [0.2, 0.25) is 5.91 Å². The first kappa shape index (κ1) is 28.4. The van der Waals surface area contributed by atoms with Gasteiger partial charge >= 0.3 is 0 Å². The second kappa shape index (κ2) is 12.6. The number of methoxy groups -OCH3 is 1. The predicted molar refractivity (Wildman–Crippen MR) is 169 cm³/mol. The SMILES string of the molecule is COc1cc(/C=C2/SC(=O)N(CC(=O)N3CCN(c4ccccc4)CC3)C2=O)ccc1OCc1ccc2ccccc2c1. The van der Waals surface area contributed by atoms with Gasteiger partial charge in [0, 0.05) is 31.9 Å². The van der Waals surface area contributed by atoms with Gasteiger partial charge in [-0.25, -0.2) is 0 Å². The molecule has 4 aromatic rings. The van der Waals surface area contributed by atoms with Gasteiger partial charge in [-0.3, -0.25) is 19.3 Å². The second-order valence-electron chi connectivity index (χ2n) is 10.4. The molecule has 0 bridgehead atoms. The van der Waals surface area contributed by atoms with Crippen LogP contribution in [0.4, 0.5) is 10.5 Å². The molecule has 9 heteroatoms. The summed E-state index contributed by atoms with van der Waals surface area (Å²) in [5, 5.41) is 1.87. The molecule has 2 fully saturated rings. The van der Waals surface area contributed by atoms with E-state index in [1.165, 1.54) is 5.39 Å². The highest BCUT2D eigenvalue weighted by Gasteiger charge is 2.37. The number of carbonyl (C=O) groups is 3. The van der Waals surface area contributed by atoms with Crippen molar-refractivity contribution in [3.63, 3.8) is 0 Å². The van der Waals surface area contributed by atoms with Crippen LogP contribution in [-0.4, -0.2) is 66.7 Å². The fourth-order valence-corrected chi connectivity index (χ4v) is 6.10. The maximum atomic E-state index is 13.1. The molecule has 0 aliphatic carbocycles. The Hall–Kier alpha value is -4.76. The first-order valence-electron chi connectivity index (χ1n) is 14.1. The van der Waals surface area contributed by atoms with Gasteiger partial charge in [0.1, 0.15) is 13.2 Å². The highest BCUT2D eigenvalue weighted by molar-refractivity contribution is 8.18. The lowest BCUT2D eigenvalue weighted by Crippen LogP contribution is -2.51. The first-order chi connectivity index (χ1) is 21.0. The van der Waals surface area contributed by atoms with Crippen LogP contribution in [0.25, 0.3) is 16.8 Å². The summed E-state index contributed by atoms with van der Waals surface area (Å²) in [4.78, 5) is 44.1. The van der Waals surface area contributed by atoms with E-state index in [0.717, 1.165) is 33.3 Å². The van der Waals surface area contributed by atoms with Gasteiger partial charge in [0.15, 0.2) is 11.5 Å². The molecule has 3 amide bonds. The molecule has 0 atom stereocenters. The number of carbonyl (C=O) groups excluding carboxylic acids is 3. The van der Waals surface area contributed by atoms with Crippen molar-refractivity contribution in [2.75, 3.05) is 44.7 Å². The number of hydrogen-bond donors (Lipinski definition) is 0. The molecule has 8 nitrogen and oxygen atoms in total. The summed E-state index contributed by atoms with van der Waals surface area (Å²) in [5.41, 5.74) is 2.83. The number of benzene rings is 4. The molecule has 2 saturated heterocycles. The summed E-state index contributed by atoms with van der Waals surface area (Å²) in [6.07, 6.45) is 1.64. The zero-order valence-corrected chi connectivity index (χ0v) is 24.6. The molecule has 6 rings (SSSR count). The van der Waals surface area contributed by atoms with Gasteiger partial charge in [0.25, 0.3) is 11.1 Å². The highest BCUT2D eigenvalue weighted by atomic mass is 32.2. The Labute approximate surface area is 254 Å². The predicted octanol–water partition coefficient (Wildman–Crippen LogP) is 5.81. The minimum absolute atomic E-state index is 0.231. The van der Waals surface area contributed by atoms with Gasteiger partial charge in [-0.05, 0) is 70.1 Å². The maximum absolute atomic E-state index is 13.1. The summed E-state index contributed by atoms with van der Waals surface area (Å²) in [7, 11) is 1.56. The fraction of sp³-hybridized carbons (Fsp3) is 0.206. The van der Waals surface area contributed by atoms with Gasteiger partial charge in [-0.2, -0.15) is 0 Å². The smallest absolute Gasteiger partial charge is 0.294 e. The van der Waals surface area contributed by atoms with Crippen LogP contribution in [0.2, 0.25) is 0 Å². The Morgan fingerprint density at radius 3 is 2.35 bits per heavy atom. The molecule has 0 N–H and O–H groups in total. The van der Waals surface area contributed by atoms with Crippen LogP contribution in [0.15, 0.2) is 95.9 Å². The number of imide groups is 1. The van der Waals surface area contributed by atoms with Crippen LogP contribution in [-0.2, 0) is 16.2 Å². The summed E-state index contributed by atoms with van der Waals surface area (Å²) >= 11 is 0.836. The van der Waals surface area contributed by atoms with E-state index in [1.807, 2.05) is 54.6 Å². The number of para-hydroxylation sites is 1. The molecule has 218 valence electrons. The fourth-order valence-electron chi connectivity index (χ4n) is 5.26. The molecule has 2 heterocycles. The number of hydrogen-bond acceptors (Lipinski definition) is 7. The molecule has 0 aromatic heterocycles. The van der Waals surface area contributed by atoms with Crippen molar-refractivity contribution in [3.8, 4) is 11.5 Å². The zero-order chi connectivity index (χ0) is 29.8. The standard InChI is InChI=1S/C34H31N3O5S/c1-41-30-20-24(12-14-29(30)42-23-25-11-13-26-7-5-6-8-27(26)19-25)21-31-33(39)37(34(40)43-31)22-32(38)36-17-15-35(16-18-36)28-9-3-2-4-10-28/h2-14,19-21H,15-18,22-23H2,1H3/b31-21+. The lowest BCUT2D eigenvalue weighted by molar-refractivity contribution is -0.136. The normalized spacial score (nSPS) is 16.3. The first-order valence-corrected chi connectivity index (χ1v) is 14.9. The van der Waals surface area contributed by atoms with Crippen LogP contribution in [0, 0.1) is 0 Å². The van der Waals surface area contributed by atoms with E-state index in [2.05, 4.69) is 29.2 Å². The number of anilines is 1. The van der Waals surface area contributed by atoms with Crippen LogP contribution in [0.3, 0.4) is 0 Å². The summed E-state index contributed by atoms with van der Waals surface area (Å²) < 4.78 is 11.6. The molecule has 0 radical (unpaired) electrons. The number of piperazine rings is 1. The van der Waals surface area contributed by atoms with Gasteiger partial charge in [-0.1, -0.05) is 60.7 Å². The number of amides is 3. The van der Waals surface area contributed by atoms with E-state index >= 15 is 0 Å². The van der Waals surface area contributed by atoms with Crippen LogP contribution >= 0.6 is 11.8 Å². The van der Waals surface area contributed by atoms with Crippen LogP contribution in [0.1, 0.15) is 11.1 Å². The van der Waals surface area contributed by atoms with E-state index in [4.69, 9.17) is 9.47 Å². The molecule has 43 heavy (non-hydrogen) atoms. The summed E-state index contributed by atoms with van der Waals surface area (Å²) in [6, 6.07) is 29.8. The lowest BCUT2D eigenvalue weighted by Gasteiger charge is -2.36. The van der Waals surface area contributed by atoms with Crippen molar-refractivity contribution in [1.82, 2.24) is 9.80 Å². The van der Waals surface area contributed by atoms with Gasteiger partial charge < -0.3 is 19.3 Å². The quantitative estimate of drug-likeness (QED) is 0.239. The van der Waals surface area contributed by atoms with Crippen molar-refractivity contribution < 1.29 is 23.9 Å². The average molecular weight is 594 g/mol. The number of ether oxygens (including phenoxy) is 2. The van der Waals surface area contributed by atoms with Crippen molar-refractivity contribution in [1.29, 1.82) is 0 Å². The highest BCUT2D eigenvalue weighted by Crippen LogP contribution is 2.35. The molecule has 0 spiro atoms. The van der Waals surface area contributed by atoms with Crippen molar-refractivity contribution in [3.05, 3.63) is 107 Å². The van der Waals surface area contributed by atoms with E-state index < -0.39 is 11.1 Å². The van der Waals surface area contributed by atoms with Crippen molar-refractivity contribution in [2.45, 2.75) is 6.61 Å². The maximum Gasteiger partial charge on any atom is 0.294 e. The van der Waals surface area contributed by atoms with E-state index in [0.29, 0.717) is 49.8 Å². The summed E-state index contributed by atoms with van der Waals surface area (Å²) in [6.45, 7) is 2.57. The van der Waals surface area contributed by atoms with Crippen molar-refractivity contribution in [2.24, 2.45) is 0 Å². The molecule has 2 aliphatic heterocycles. The number of thioether (sulfide) groups is 1. The van der Waals surface area contributed by atoms with Crippen LogP contribution in [0.5, 0.6) is 11.5 Å². The van der Waals surface area contributed by atoms with E-state index in [9.17, 15) is 14.4 Å². The minimum atomic E-state index is -0.470. The molecule has 0 unspecified atom stereocenters. The Balaban J connectivity index is 1.07. The van der Waals surface area contributed by atoms with Crippen molar-refractivity contribution >= 4 is 51.4 Å². The summed E-state index contributed by atoms with van der Waals surface area (Å²) in [5.74, 6) is 0.380. The monoisotopic (exact) mass is 593 g/mol. The molecular weight excluding hydrogens is 562 g/mol. The Morgan fingerprint density at radius 2 is 1.58 bits per heavy atom.